The molecule has 0 aromatic heterocycles. The molecule has 0 heterocycles. The summed E-state index contributed by atoms with van der Waals surface area (Å²) in [6.45, 7) is 1.84. The van der Waals surface area contributed by atoms with Gasteiger partial charge < -0.3 is 10.6 Å². The highest BCUT2D eigenvalue weighted by molar-refractivity contribution is 8.00. The Kier molecular flexibility index (Phi) is 6.47. The second-order valence-corrected chi connectivity index (χ2v) is 4.80. The molecule has 0 aliphatic carbocycles. The molecule has 0 aliphatic rings. The van der Waals surface area contributed by atoms with Crippen LogP contribution in [-0.4, -0.2) is 24.1 Å². The van der Waals surface area contributed by atoms with Crippen LogP contribution in [0, 0.1) is 11.3 Å². The molecule has 0 radical (unpaired) electrons. The normalized spacial score (nSPS) is 9.47. The third kappa shape index (κ3) is 6.48. The summed E-state index contributed by atoms with van der Waals surface area (Å²) >= 11 is 1.41. The average molecular weight is 277 g/mol. The van der Waals surface area contributed by atoms with Gasteiger partial charge in [0.2, 0.25) is 11.8 Å². The number of anilines is 1. The van der Waals surface area contributed by atoms with Crippen molar-refractivity contribution in [2.45, 2.75) is 18.2 Å². The van der Waals surface area contributed by atoms with E-state index in [0.29, 0.717) is 18.7 Å². The van der Waals surface area contributed by atoms with Crippen molar-refractivity contribution in [2.24, 2.45) is 0 Å². The summed E-state index contributed by atoms with van der Waals surface area (Å²) < 4.78 is 0. The standard InChI is InChI=1S/C13H15N3O2S/c1-10(17)16-11-3-5-12(6-4-11)19-9-13(18)15-8-2-7-14/h3-6H,2,8-9H2,1H3,(H,15,18)(H,16,17). The molecule has 100 valence electrons. The number of thioether (sulfide) groups is 1. The van der Waals surface area contributed by atoms with Crippen LogP contribution in [0.5, 0.6) is 0 Å². The molecule has 6 heteroatoms. The SMILES string of the molecule is CC(=O)Nc1ccc(SCC(=O)NCCC#N)cc1. The lowest BCUT2D eigenvalue weighted by atomic mass is 10.3. The second-order valence-electron chi connectivity index (χ2n) is 3.75. The zero-order chi connectivity index (χ0) is 14.1. The van der Waals surface area contributed by atoms with Gasteiger partial charge in [-0.1, -0.05) is 0 Å². The number of hydrogen-bond acceptors (Lipinski definition) is 4. The quantitative estimate of drug-likeness (QED) is 0.613. The first-order valence-corrected chi connectivity index (χ1v) is 6.74. The topological polar surface area (TPSA) is 82.0 Å². The van der Waals surface area contributed by atoms with Crippen molar-refractivity contribution in [3.05, 3.63) is 24.3 Å². The number of rotatable bonds is 6. The number of amides is 2. The molecule has 0 saturated carbocycles. The maximum Gasteiger partial charge on any atom is 0.230 e. The summed E-state index contributed by atoms with van der Waals surface area (Å²) in [5.74, 6) is 0.105. The fourth-order valence-corrected chi connectivity index (χ4v) is 2.02. The van der Waals surface area contributed by atoms with Crippen LogP contribution in [0.2, 0.25) is 0 Å². The lowest BCUT2D eigenvalue weighted by Crippen LogP contribution is -2.25. The van der Waals surface area contributed by atoms with Crippen LogP contribution in [-0.2, 0) is 9.59 Å². The first kappa shape index (κ1) is 15.1. The van der Waals surface area contributed by atoms with Gasteiger partial charge in [0.15, 0.2) is 0 Å². The van der Waals surface area contributed by atoms with Gasteiger partial charge in [0.1, 0.15) is 0 Å². The average Bonchev–Trinajstić information content (AvgIpc) is 2.37. The molecular formula is C13H15N3O2S. The lowest BCUT2D eigenvalue weighted by Gasteiger charge is -2.05. The van der Waals surface area contributed by atoms with E-state index >= 15 is 0 Å². The lowest BCUT2D eigenvalue weighted by molar-refractivity contribution is -0.118. The summed E-state index contributed by atoms with van der Waals surface area (Å²) in [6, 6.07) is 9.23. The maximum atomic E-state index is 11.4. The van der Waals surface area contributed by atoms with Crippen LogP contribution >= 0.6 is 11.8 Å². The molecule has 1 rings (SSSR count). The summed E-state index contributed by atoms with van der Waals surface area (Å²) in [5.41, 5.74) is 0.732. The minimum atomic E-state index is -0.114. The molecule has 0 bridgehead atoms. The number of benzene rings is 1. The van der Waals surface area contributed by atoms with Crippen LogP contribution in [0.1, 0.15) is 13.3 Å². The first-order chi connectivity index (χ1) is 9.11. The van der Waals surface area contributed by atoms with Crippen LogP contribution in [0.3, 0.4) is 0 Å². The Hall–Kier alpha value is -2.00. The molecule has 0 fully saturated rings. The molecule has 1 aromatic rings. The second kappa shape index (κ2) is 8.16. The molecule has 0 aliphatic heterocycles. The number of hydrogen-bond donors (Lipinski definition) is 2. The monoisotopic (exact) mass is 277 g/mol. The van der Waals surface area contributed by atoms with Crippen molar-refractivity contribution >= 4 is 29.3 Å². The number of carbonyl (C=O) groups is 2. The number of nitrogens with one attached hydrogen (secondary N) is 2. The third-order valence-corrected chi connectivity index (χ3v) is 3.12. The van der Waals surface area contributed by atoms with Gasteiger partial charge in [-0.2, -0.15) is 5.26 Å². The van der Waals surface area contributed by atoms with Gasteiger partial charge in [-0.25, -0.2) is 0 Å². The molecule has 0 saturated heterocycles. The van der Waals surface area contributed by atoms with E-state index in [-0.39, 0.29) is 11.8 Å². The van der Waals surface area contributed by atoms with E-state index in [1.165, 1.54) is 18.7 Å². The van der Waals surface area contributed by atoms with E-state index in [9.17, 15) is 9.59 Å². The van der Waals surface area contributed by atoms with Crippen LogP contribution in [0.4, 0.5) is 5.69 Å². The molecule has 0 unspecified atom stereocenters. The summed E-state index contributed by atoms with van der Waals surface area (Å²) in [5, 5.41) is 13.7. The van der Waals surface area contributed by atoms with Gasteiger partial charge in [0, 0.05) is 24.1 Å². The Morgan fingerprint density at radius 3 is 2.58 bits per heavy atom. The zero-order valence-electron chi connectivity index (χ0n) is 10.6. The maximum absolute atomic E-state index is 11.4. The first-order valence-electron chi connectivity index (χ1n) is 5.76. The van der Waals surface area contributed by atoms with Gasteiger partial charge >= 0.3 is 0 Å². The fraction of sp³-hybridized carbons (Fsp3) is 0.308. The predicted octanol–water partition coefficient (Wildman–Crippen LogP) is 1.77. The Balaban J connectivity index is 2.35. The molecule has 5 nitrogen and oxygen atoms in total. The Morgan fingerprint density at radius 1 is 1.32 bits per heavy atom. The van der Waals surface area contributed by atoms with E-state index in [2.05, 4.69) is 10.6 Å². The Bertz CT molecular complexity index is 480. The largest absolute Gasteiger partial charge is 0.354 e. The van der Waals surface area contributed by atoms with E-state index in [1.807, 2.05) is 18.2 Å². The molecule has 0 spiro atoms. The van der Waals surface area contributed by atoms with Gasteiger partial charge in [0.25, 0.3) is 0 Å². The van der Waals surface area contributed by atoms with Gasteiger partial charge in [-0.05, 0) is 24.3 Å². The van der Waals surface area contributed by atoms with E-state index in [4.69, 9.17) is 5.26 Å². The van der Waals surface area contributed by atoms with E-state index in [0.717, 1.165) is 10.6 Å². The number of nitrogens with zero attached hydrogens (tertiary/aromatic N) is 1. The zero-order valence-corrected chi connectivity index (χ0v) is 11.4. The van der Waals surface area contributed by atoms with E-state index in [1.54, 1.807) is 12.1 Å². The minimum absolute atomic E-state index is 0.0915. The van der Waals surface area contributed by atoms with Crippen LogP contribution in [0.25, 0.3) is 0 Å². The molecular weight excluding hydrogens is 262 g/mol. The van der Waals surface area contributed by atoms with Gasteiger partial charge in [0.05, 0.1) is 18.2 Å². The predicted molar refractivity (Wildman–Crippen MR) is 74.7 cm³/mol. The van der Waals surface area contributed by atoms with Crippen molar-refractivity contribution in [1.82, 2.24) is 5.32 Å². The Labute approximate surface area is 116 Å². The molecule has 19 heavy (non-hydrogen) atoms. The molecule has 0 atom stereocenters. The highest BCUT2D eigenvalue weighted by Crippen LogP contribution is 2.19. The van der Waals surface area contributed by atoms with Crippen LogP contribution in [0.15, 0.2) is 29.2 Å². The van der Waals surface area contributed by atoms with Gasteiger partial charge in [-0.15, -0.1) is 11.8 Å². The smallest absolute Gasteiger partial charge is 0.230 e. The third-order valence-electron chi connectivity index (χ3n) is 2.10. The Morgan fingerprint density at radius 2 is 2.00 bits per heavy atom. The number of carbonyl (C=O) groups excluding carboxylic acids is 2. The summed E-state index contributed by atoms with van der Waals surface area (Å²) in [7, 11) is 0. The molecule has 2 amide bonds. The molecule has 1 aromatic carbocycles. The molecule has 2 N–H and O–H groups in total. The van der Waals surface area contributed by atoms with Gasteiger partial charge in [-0.3, -0.25) is 9.59 Å². The van der Waals surface area contributed by atoms with E-state index < -0.39 is 0 Å². The van der Waals surface area contributed by atoms with Crippen molar-refractivity contribution in [2.75, 3.05) is 17.6 Å². The van der Waals surface area contributed by atoms with Crippen molar-refractivity contribution in [3.63, 3.8) is 0 Å². The fourth-order valence-electron chi connectivity index (χ4n) is 1.30. The summed E-state index contributed by atoms with van der Waals surface area (Å²) in [6.07, 6.45) is 0.321. The van der Waals surface area contributed by atoms with Crippen molar-refractivity contribution < 1.29 is 9.59 Å². The number of nitriles is 1. The van der Waals surface area contributed by atoms with Crippen molar-refractivity contribution in [1.29, 1.82) is 5.26 Å². The highest BCUT2D eigenvalue weighted by Gasteiger charge is 2.02. The van der Waals surface area contributed by atoms with Crippen molar-refractivity contribution in [3.8, 4) is 6.07 Å². The highest BCUT2D eigenvalue weighted by atomic mass is 32.2. The van der Waals surface area contributed by atoms with Crippen LogP contribution < -0.4 is 10.6 Å². The minimum Gasteiger partial charge on any atom is -0.354 e. The summed E-state index contributed by atoms with van der Waals surface area (Å²) in [4.78, 5) is 23.2.